The highest BCUT2D eigenvalue weighted by Gasteiger charge is 2.41. The van der Waals surface area contributed by atoms with Gasteiger partial charge in [0.25, 0.3) is 0 Å². The van der Waals surface area contributed by atoms with E-state index < -0.39 is 17.8 Å². The van der Waals surface area contributed by atoms with Gasteiger partial charge in [0.05, 0.1) is 18.4 Å². The second kappa shape index (κ2) is 6.91. The maximum atomic E-state index is 12.1. The first-order valence-corrected chi connectivity index (χ1v) is 7.77. The van der Waals surface area contributed by atoms with E-state index in [1.54, 1.807) is 4.90 Å². The van der Waals surface area contributed by atoms with Crippen molar-refractivity contribution < 1.29 is 19.5 Å². The quantitative estimate of drug-likeness (QED) is 0.805. The van der Waals surface area contributed by atoms with E-state index in [2.05, 4.69) is 5.32 Å². The lowest BCUT2D eigenvalue weighted by Gasteiger charge is -2.27. The fourth-order valence-electron chi connectivity index (χ4n) is 3.40. The number of carbonyl (C=O) groups is 3. The molecular formula is C15H24N2O4. The van der Waals surface area contributed by atoms with Crippen LogP contribution in [-0.2, 0) is 14.4 Å². The van der Waals surface area contributed by atoms with Crippen molar-refractivity contribution in [2.24, 2.45) is 17.8 Å². The summed E-state index contributed by atoms with van der Waals surface area (Å²) in [6.45, 7) is 3.46. The summed E-state index contributed by atoms with van der Waals surface area (Å²) in [6.07, 6.45) is 4.30. The molecule has 21 heavy (non-hydrogen) atoms. The van der Waals surface area contributed by atoms with Crippen LogP contribution in [0.1, 0.15) is 39.0 Å². The molecule has 2 N–H and O–H groups in total. The fraction of sp³-hybridized carbons (Fsp3) is 0.800. The van der Waals surface area contributed by atoms with Gasteiger partial charge >= 0.3 is 5.97 Å². The zero-order chi connectivity index (χ0) is 15.4. The fourth-order valence-corrected chi connectivity index (χ4v) is 3.40. The summed E-state index contributed by atoms with van der Waals surface area (Å²) in [4.78, 5) is 37.1. The summed E-state index contributed by atoms with van der Waals surface area (Å²) in [5.74, 6) is -2.17. The van der Waals surface area contributed by atoms with Crippen LogP contribution in [0.2, 0.25) is 0 Å². The SMILES string of the molecule is CC1C[C@H](C(=O)NCC(=O)N2CCCCC2)[C@H](C(=O)O)C1. The van der Waals surface area contributed by atoms with E-state index in [-0.39, 0.29) is 24.3 Å². The molecule has 1 unspecified atom stereocenters. The molecule has 2 rings (SSSR count). The van der Waals surface area contributed by atoms with Crippen LogP contribution >= 0.6 is 0 Å². The summed E-state index contributed by atoms with van der Waals surface area (Å²) < 4.78 is 0. The van der Waals surface area contributed by atoms with Crippen molar-refractivity contribution in [2.75, 3.05) is 19.6 Å². The number of carboxylic acid groups (broad SMARTS) is 1. The minimum Gasteiger partial charge on any atom is -0.481 e. The predicted molar refractivity (Wildman–Crippen MR) is 76.5 cm³/mol. The number of piperidine rings is 1. The Bertz CT molecular complexity index is 418. The average molecular weight is 296 g/mol. The monoisotopic (exact) mass is 296 g/mol. The highest BCUT2D eigenvalue weighted by molar-refractivity contribution is 5.89. The molecule has 2 aliphatic rings. The van der Waals surface area contributed by atoms with Gasteiger partial charge in [-0.25, -0.2) is 0 Å². The third-order valence-corrected chi connectivity index (χ3v) is 4.57. The zero-order valence-electron chi connectivity index (χ0n) is 12.5. The Morgan fingerprint density at radius 1 is 1.10 bits per heavy atom. The largest absolute Gasteiger partial charge is 0.481 e. The molecule has 1 aliphatic heterocycles. The van der Waals surface area contributed by atoms with Crippen LogP contribution in [-0.4, -0.2) is 47.4 Å². The van der Waals surface area contributed by atoms with Crippen molar-refractivity contribution >= 4 is 17.8 Å². The molecule has 0 spiro atoms. The number of nitrogens with one attached hydrogen (secondary N) is 1. The smallest absolute Gasteiger partial charge is 0.307 e. The van der Waals surface area contributed by atoms with Crippen LogP contribution in [0.25, 0.3) is 0 Å². The first kappa shape index (κ1) is 15.8. The molecule has 2 fully saturated rings. The van der Waals surface area contributed by atoms with Crippen LogP contribution < -0.4 is 5.32 Å². The van der Waals surface area contributed by atoms with E-state index in [1.165, 1.54) is 0 Å². The molecule has 118 valence electrons. The molecule has 0 aromatic heterocycles. The van der Waals surface area contributed by atoms with Crippen LogP contribution in [0.15, 0.2) is 0 Å². The van der Waals surface area contributed by atoms with Crippen LogP contribution in [0.4, 0.5) is 0 Å². The number of hydrogen-bond donors (Lipinski definition) is 2. The van der Waals surface area contributed by atoms with Crippen LogP contribution in [0.3, 0.4) is 0 Å². The average Bonchev–Trinajstić information content (AvgIpc) is 2.87. The molecule has 1 saturated carbocycles. The standard InChI is InChI=1S/C15H24N2O4/c1-10-7-11(12(8-10)15(20)21)14(19)16-9-13(18)17-5-3-2-4-6-17/h10-12H,2-9H2,1H3,(H,16,19)(H,20,21)/t10?,11-,12+/m0/s1. The molecule has 1 heterocycles. The van der Waals surface area contributed by atoms with Gasteiger partial charge in [-0.1, -0.05) is 6.92 Å². The molecule has 1 saturated heterocycles. The van der Waals surface area contributed by atoms with Gasteiger partial charge in [0, 0.05) is 13.1 Å². The van der Waals surface area contributed by atoms with Gasteiger partial charge < -0.3 is 15.3 Å². The van der Waals surface area contributed by atoms with Crippen LogP contribution in [0, 0.1) is 17.8 Å². The number of hydrogen-bond acceptors (Lipinski definition) is 3. The van der Waals surface area contributed by atoms with E-state index in [0.29, 0.717) is 12.8 Å². The molecule has 6 nitrogen and oxygen atoms in total. The minimum atomic E-state index is -0.915. The second-order valence-electron chi connectivity index (χ2n) is 6.29. The molecule has 0 bridgehead atoms. The molecule has 2 amide bonds. The lowest BCUT2D eigenvalue weighted by Crippen LogP contribution is -2.44. The topological polar surface area (TPSA) is 86.7 Å². The van der Waals surface area contributed by atoms with Gasteiger partial charge in [0.15, 0.2) is 0 Å². The lowest BCUT2D eigenvalue weighted by molar-refractivity contribution is -0.146. The van der Waals surface area contributed by atoms with Gasteiger partial charge in [-0.2, -0.15) is 0 Å². The number of likely N-dealkylation sites (tertiary alicyclic amines) is 1. The number of amides is 2. The molecule has 1 aliphatic carbocycles. The summed E-state index contributed by atoms with van der Waals surface area (Å²) in [7, 11) is 0. The van der Waals surface area contributed by atoms with E-state index in [0.717, 1.165) is 32.4 Å². The van der Waals surface area contributed by atoms with Crippen molar-refractivity contribution in [2.45, 2.75) is 39.0 Å². The highest BCUT2D eigenvalue weighted by atomic mass is 16.4. The number of aliphatic carboxylic acids is 1. The van der Waals surface area contributed by atoms with Crippen molar-refractivity contribution in [3.8, 4) is 0 Å². The van der Waals surface area contributed by atoms with Crippen molar-refractivity contribution in [3.63, 3.8) is 0 Å². The Labute approximate surface area is 124 Å². The number of rotatable bonds is 4. The number of nitrogens with zero attached hydrogens (tertiary/aromatic N) is 1. The Balaban J connectivity index is 1.83. The maximum absolute atomic E-state index is 12.1. The summed E-state index contributed by atoms with van der Waals surface area (Å²) in [6, 6.07) is 0. The number of carbonyl (C=O) groups excluding carboxylic acids is 2. The Kier molecular flexibility index (Phi) is 5.20. The maximum Gasteiger partial charge on any atom is 0.307 e. The minimum absolute atomic E-state index is 0.0178. The molecule has 6 heteroatoms. The van der Waals surface area contributed by atoms with Gasteiger partial charge in [-0.3, -0.25) is 14.4 Å². The normalized spacial score (nSPS) is 29.2. The molecule has 3 atom stereocenters. The van der Waals surface area contributed by atoms with Gasteiger partial charge in [-0.15, -0.1) is 0 Å². The van der Waals surface area contributed by atoms with E-state index >= 15 is 0 Å². The Hall–Kier alpha value is -1.59. The molecule has 0 radical (unpaired) electrons. The van der Waals surface area contributed by atoms with E-state index in [4.69, 9.17) is 0 Å². The Morgan fingerprint density at radius 3 is 2.33 bits per heavy atom. The zero-order valence-corrected chi connectivity index (χ0v) is 12.5. The highest BCUT2D eigenvalue weighted by Crippen LogP contribution is 2.36. The van der Waals surface area contributed by atoms with Gasteiger partial charge in [0.2, 0.25) is 11.8 Å². The first-order valence-electron chi connectivity index (χ1n) is 7.77. The summed E-state index contributed by atoms with van der Waals surface area (Å²) >= 11 is 0. The molecule has 0 aromatic rings. The lowest BCUT2D eigenvalue weighted by atomic mass is 9.95. The van der Waals surface area contributed by atoms with Crippen LogP contribution in [0.5, 0.6) is 0 Å². The second-order valence-corrected chi connectivity index (χ2v) is 6.29. The van der Waals surface area contributed by atoms with Gasteiger partial charge in [-0.05, 0) is 38.0 Å². The predicted octanol–water partition coefficient (Wildman–Crippen LogP) is 0.862. The van der Waals surface area contributed by atoms with E-state index in [9.17, 15) is 19.5 Å². The third kappa shape index (κ3) is 3.95. The Morgan fingerprint density at radius 2 is 1.71 bits per heavy atom. The summed E-state index contributed by atoms with van der Waals surface area (Å²) in [5, 5.41) is 11.8. The molecular weight excluding hydrogens is 272 g/mol. The number of carboxylic acids is 1. The molecule has 0 aromatic carbocycles. The van der Waals surface area contributed by atoms with Crippen molar-refractivity contribution in [1.29, 1.82) is 0 Å². The van der Waals surface area contributed by atoms with Crippen molar-refractivity contribution in [3.05, 3.63) is 0 Å². The third-order valence-electron chi connectivity index (χ3n) is 4.57. The summed E-state index contributed by atoms with van der Waals surface area (Å²) in [5.41, 5.74) is 0. The first-order chi connectivity index (χ1) is 9.99. The van der Waals surface area contributed by atoms with E-state index in [1.807, 2.05) is 6.92 Å². The van der Waals surface area contributed by atoms with Gasteiger partial charge in [0.1, 0.15) is 0 Å². The van der Waals surface area contributed by atoms with Crippen molar-refractivity contribution in [1.82, 2.24) is 10.2 Å².